The van der Waals surface area contributed by atoms with Crippen molar-refractivity contribution in [1.82, 2.24) is 4.31 Å². The predicted octanol–water partition coefficient (Wildman–Crippen LogP) is 2.73. The van der Waals surface area contributed by atoms with E-state index in [-0.39, 0.29) is 23.3 Å². The number of benzene rings is 1. The van der Waals surface area contributed by atoms with Crippen LogP contribution in [-0.2, 0) is 16.4 Å². The van der Waals surface area contributed by atoms with Crippen molar-refractivity contribution in [3.05, 3.63) is 45.1 Å². The van der Waals surface area contributed by atoms with Crippen molar-refractivity contribution in [1.29, 1.82) is 0 Å². The standard InChI is InChI=1S/C17H18ClNO4S2/c18-14-5-11-1-3-23-17(11)16(6-14)25(21,22)19-7-13(9-20)15(8-19)12-2-4-24-10-12/h2,4-6,10,13,15,20H,1,3,7-9H2/t13-,15+/m0/s1. The molecule has 1 fully saturated rings. The van der Waals surface area contributed by atoms with Gasteiger partial charge in [-0.15, -0.1) is 0 Å². The van der Waals surface area contributed by atoms with Crippen molar-refractivity contribution in [3.8, 4) is 5.75 Å². The Morgan fingerprint density at radius 3 is 2.92 bits per heavy atom. The second-order valence-corrected chi connectivity index (χ2v) is 9.54. The van der Waals surface area contributed by atoms with Crippen molar-refractivity contribution in [3.63, 3.8) is 0 Å². The van der Waals surface area contributed by atoms with E-state index in [2.05, 4.69) is 0 Å². The molecule has 134 valence electrons. The monoisotopic (exact) mass is 399 g/mol. The van der Waals surface area contributed by atoms with Crippen LogP contribution in [0.3, 0.4) is 0 Å². The molecule has 0 bridgehead atoms. The fraction of sp³-hybridized carbons (Fsp3) is 0.412. The van der Waals surface area contributed by atoms with Gasteiger partial charge >= 0.3 is 0 Å². The van der Waals surface area contributed by atoms with Gasteiger partial charge in [-0.05, 0) is 34.5 Å². The number of fused-ring (bicyclic) bond motifs is 1. The van der Waals surface area contributed by atoms with Crippen LogP contribution >= 0.6 is 22.9 Å². The molecule has 1 saturated heterocycles. The van der Waals surface area contributed by atoms with Crippen LogP contribution in [0.4, 0.5) is 0 Å². The summed E-state index contributed by atoms with van der Waals surface area (Å²) in [6, 6.07) is 5.22. The van der Waals surface area contributed by atoms with Gasteiger partial charge in [0, 0.05) is 48.5 Å². The van der Waals surface area contributed by atoms with Gasteiger partial charge in [-0.1, -0.05) is 11.6 Å². The molecule has 1 aromatic heterocycles. The van der Waals surface area contributed by atoms with Crippen LogP contribution in [0.25, 0.3) is 0 Å². The minimum absolute atomic E-state index is 0.000763. The van der Waals surface area contributed by atoms with Gasteiger partial charge in [-0.25, -0.2) is 8.42 Å². The summed E-state index contributed by atoms with van der Waals surface area (Å²) in [4.78, 5) is 0.134. The molecule has 4 rings (SSSR count). The predicted molar refractivity (Wildman–Crippen MR) is 97.0 cm³/mol. The quantitative estimate of drug-likeness (QED) is 0.858. The van der Waals surface area contributed by atoms with Gasteiger partial charge in [0.2, 0.25) is 10.0 Å². The molecule has 0 saturated carbocycles. The van der Waals surface area contributed by atoms with Crippen molar-refractivity contribution in [2.24, 2.45) is 5.92 Å². The molecular weight excluding hydrogens is 382 g/mol. The normalized spacial score (nSPS) is 23.6. The van der Waals surface area contributed by atoms with Gasteiger partial charge in [-0.2, -0.15) is 15.6 Å². The first-order chi connectivity index (χ1) is 12.0. The SMILES string of the molecule is O=S(=O)(c1cc(Cl)cc2c1OCC2)N1C[C@@H](CO)[C@@H](c2ccsc2)C1. The Bertz CT molecular complexity index is 882. The largest absolute Gasteiger partial charge is 0.492 e. The van der Waals surface area contributed by atoms with Gasteiger partial charge in [-0.3, -0.25) is 0 Å². The lowest BCUT2D eigenvalue weighted by Gasteiger charge is -2.18. The summed E-state index contributed by atoms with van der Waals surface area (Å²) >= 11 is 7.71. The molecule has 0 unspecified atom stereocenters. The summed E-state index contributed by atoms with van der Waals surface area (Å²) < 4.78 is 33.5. The smallest absolute Gasteiger partial charge is 0.246 e. The molecule has 2 aromatic rings. The number of nitrogens with zero attached hydrogens (tertiary/aromatic N) is 1. The van der Waals surface area contributed by atoms with Crippen LogP contribution in [0, 0.1) is 5.92 Å². The number of aliphatic hydroxyl groups excluding tert-OH is 1. The molecule has 0 amide bonds. The Hall–Kier alpha value is -1.12. The Labute approximate surface area is 155 Å². The van der Waals surface area contributed by atoms with Gasteiger partial charge in [0.25, 0.3) is 0 Å². The van der Waals surface area contributed by atoms with E-state index < -0.39 is 10.0 Å². The van der Waals surface area contributed by atoms with Gasteiger partial charge in [0.1, 0.15) is 10.6 Å². The average molecular weight is 400 g/mol. The number of hydrogen-bond acceptors (Lipinski definition) is 5. The molecule has 5 nitrogen and oxygen atoms in total. The lowest BCUT2D eigenvalue weighted by Crippen LogP contribution is -2.29. The third-order valence-electron chi connectivity index (χ3n) is 4.95. The Kier molecular flexibility index (Phi) is 4.54. The number of ether oxygens (including phenoxy) is 1. The maximum atomic E-state index is 13.2. The molecule has 0 aliphatic carbocycles. The topological polar surface area (TPSA) is 66.8 Å². The van der Waals surface area contributed by atoms with Gasteiger partial charge < -0.3 is 9.84 Å². The van der Waals surface area contributed by atoms with E-state index in [0.29, 0.717) is 36.9 Å². The summed E-state index contributed by atoms with van der Waals surface area (Å²) in [5, 5.41) is 14.1. The number of thiophene rings is 1. The summed E-state index contributed by atoms with van der Waals surface area (Å²) in [5.74, 6) is 0.306. The van der Waals surface area contributed by atoms with Gasteiger partial charge in [0.05, 0.1) is 6.61 Å². The first-order valence-electron chi connectivity index (χ1n) is 8.09. The van der Waals surface area contributed by atoms with Crippen LogP contribution in [0.1, 0.15) is 17.0 Å². The molecule has 2 aliphatic rings. The van der Waals surface area contributed by atoms with Crippen LogP contribution in [-0.4, -0.2) is 44.1 Å². The van der Waals surface area contributed by atoms with Crippen molar-refractivity contribution >= 4 is 33.0 Å². The lowest BCUT2D eigenvalue weighted by atomic mass is 9.92. The molecule has 25 heavy (non-hydrogen) atoms. The maximum Gasteiger partial charge on any atom is 0.246 e. The highest BCUT2D eigenvalue weighted by Gasteiger charge is 2.41. The van der Waals surface area contributed by atoms with Crippen LogP contribution in [0.5, 0.6) is 5.75 Å². The van der Waals surface area contributed by atoms with Gasteiger partial charge in [0.15, 0.2) is 0 Å². The van der Waals surface area contributed by atoms with E-state index in [0.717, 1.165) is 11.1 Å². The molecule has 3 heterocycles. The van der Waals surface area contributed by atoms with E-state index in [1.165, 1.54) is 10.4 Å². The number of hydrogen-bond donors (Lipinski definition) is 1. The van der Waals surface area contributed by atoms with Crippen molar-refractivity contribution in [2.45, 2.75) is 17.2 Å². The van der Waals surface area contributed by atoms with Crippen LogP contribution in [0.2, 0.25) is 5.02 Å². The molecule has 0 radical (unpaired) electrons. The third-order valence-corrected chi connectivity index (χ3v) is 7.70. The first-order valence-corrected chi connectivity index (χ1v) is 10.8. The van der Waals surface area contributed by atoms with Crippen LogP contribution < -0.4 is 4.74 Å². The summed E-state index contributed by atoms with van der Waals surface area (Å²) in [7, 11) is -3.74. The van der Waals surface area contributed by atoms with E-state index >= 15 is 0 Å². The highest BCUT2D eigenvalue weighted by atomic mass is 35.5. The minimum atomic E-state index is -3.74. The zero-order valence-corrected chi connectivity index (χ0v) is 15.8. The third kappa shape index (κ3) is 2.98. The van der Waals surface area contributed by atoms with E-state index in [1.807, 2.05) is 16.8 Å². The molecular formula is C17H18ClNO4S2. The number of aliphatic hydroxyl groups is 1. The Morgan fingerprint density at radius 2 is 2.20 bits per heavy atom. The first kappa shape index (κ1) is 17.3. The second-order valence-electron chi connectivity index (χ2n) is 6.42. The second kappa shape index (κ2) is 6.55. The number of sulfonamides is 1. The molecule has 1 N–H and O–H groups in total. The highest BCUT2D eigenvalue weighted by Crippen LogP contribution is 2.41. The maximum absolute atomic E-state index is 13.2. The Balaban J connectivity index is 1.70. The molecule has 2 aliphatic heterocycles. The highest BCUT2D eigenvalue weighted by molar-refractivity contribution is 7.89. The minimum Gasteiger partial charge on any atom is -0.492 e. The lowest BCUT2D eigenvalue weighted by molar-refractivity contribution is 0.223. The number of halogens is 1. The summed E-state index contributed by atoms with van der Waals surface area (Å²) in [5.41, 5.74) is 1.91. The van der Waals surface area contributed by atoms with Crippen LogP contribution in [0.15, 0.2) is 33.9 Å². The summed E-state index contributed by atoms with van der Waals surface area (Å²) in [6.45, 7) is 1.07. The fourth-order valence-corrected chi connectivity index (χ4v) is 6.40. The molecule has 2 atom stereocenters. The molecule has 8 heteroatoms. The van der Waals surface area contributed by atoms with E-state index in [9.17, 15) is 13.5 Å². The average Bonchev–Trinajstić information content (AvgIpc) is 3.32. The van der Waals surface area contributed by atoms with Crippen molar-refractivity contribution in [2.75, 3.05) is 26.3 Å². The summed E-state index contributed by atoms with van der Waals surface area (Å²) in [6.07, 6.45) is 0.662. The Morgan fingerprint density at radius 1 is 1.36 bits per heavy atom. The molecule has 1 aromatic carbocycles. The van der Waals surface area contributed by atoms with E-state index in [1.54, 1.807) is 17.4 Å². The fourth-order valence-electron chi connectivity index (χ4n) is 3.64. The molecule has 0 spiro atoms. The zero-order valence-electron chi connectivity index (χ0n) is 13.4. The number of rotatable bonds is 4. The van der Waals surface area contributed by atoms with Crippen molar-refractivity contribution < 1.29 is 18.3 Å². The van der Waals surface area contributed by atoms with E-state index in [4.69, 9.17) is 16.3 Å². The zero-order chi connectivity index (χ0) is 17.6.